The van der Waals surface area contributed by atoms with Crippen molar-refractivity contribution in [2.45, 2.75) is 38.6 Å². The molecule has 1 aromatic rings. The monoisotopic (exact) mass is 345 g/mol. The van der Waals surface area contributed by atoms with E-state index in [0.29, 0.717) is 18.9 Å². The van der Waals surface area contributed by atoms with Crippen molar-refractivity contribution in [1.82, 2.24) is 4.90 Å². The van der Waals surface area contributed by atoms with Crippen LogP contribution in [0.5, 0.6) is 5.75 Å². The zero-order chi connectivity index (χ0) is 17.6. The highest BCUT2D eigenvalue weighted by Gasteiger charge is 2.31. The van der Waals surface area contributed by atoms with E-state index in [4.69, 9.17) is 4.74 Å². The lowest BCUT2D eigenvalue weighted by Gasteiger charge is -2.20. The van der Waals surface area contributed by atoms with Crippen LogP contribution in [0, 0.1) is 5.92 Å². The Bertz CT molecular complexity index is 531. The van der Waals surface area contributed by atoms with Gasteiger partial charge in [-0.1, -0.05) is 12.1 Å². The van der Waals surface area contributed by atoms with Gasteiger partial charge in [0.05, 0.1) is 7.11 Å². The van der Waals surface area contributed by atoms with Crippen molar-refractivity contribution >= 4 is 5.97 Å². The number of hydrogen-bond acceptors (Lipinski definition) is 4. The Morgan fingerprint density at radius 1 is 1.21 bits per heavy atom. The number of esters is 1. The molecule has 1 aromatic carbocycles. The molecular weight excluding hydrogens is 323 g/mol. The van der Waals surface area contributed by atoms with E-state index < -0.39 is 6.36 Å². The Labute approximate surface area is 139 Å². The number of alkyl halides is 3. The molecule has 1 fully saturated rings. The lowest BCUT2D eigenvalue weighted by Crippen LogP contribution is -2.24. The van der Waals surface area contributed by atoms with Crippen LogP contribution in [0.15, 0.2) is 24.3 Å². The molecule has 0 radical (unpaired) electrons. The average molecular weight is 345 g/mol. The van der Waals surface area contributed by atoms with Crippen molar-refractivity contribution < 1.29 is 27.4 Å². The van der Waals surface area contributed by atoms with Crippen molar-refractivity contribution in [3.05, 3.63) is 29.8 Å². The Morgan fingerprint density at radius 2 is 1.92 bits per heavy atom. The van der Waals surface area contributed by atoms with Gasteiger partial charge < -0.3 is 9.47 Å². The molecule has 1 aliphatic heterocycles. The van der Waals surface area contributed by atoms with Crippen molar-refractivity contribution in [2.24, 2.45) is 5.92 Å². The molecule has 0 spiro atoms. The van der Waals surface area contributed by atoms with E-state index in [9.17, 15) is 18.0 Å². The van der Waals surface area contributed by atoms with Crippen molar-refractivity contribution in [1.29, 1.82) is 0 Å². The second kappa shape index (κ2) is 8.37. The van der Waals surface area contributed by atoms with Crippen LogP contribution in [0.4, 0.5) is 13.2 Å². The van der Waals surface area contributed by atoms with Gasteiger partial charge in [-0.05, 0) is 56.0 Å². The topological polar surface area (TPSA) is 38.8 Å². The molecule has 4 nitrogen and oxygen atoms in total. The molecule has 24 heavy (non-hydrogen) atoms. The summed E-state index contributed by atoms with van der Waals surface area (Å²) in [6.07, 6.45) is -1.31. The Hall–Kier alpha value is -1.76. The first-order chi connectivity index (χ1) is 11.4. The van der Waals surface area contributed by atoms with Crippen LogP contribution >= 0.6 is 0 Å². The molecule has 1 aliphatic rings. The Morgan fingerprint density at radius 3 is 2.54 bits per heavy atom. The predicted octanol–water partition coefficient (Wildman–Crippen LogP) is 3.75. The summed E-state index contributed by atoms with van der Waals surface area (Å²) < 4.78 is 45.0. The number of carbonyl (C=O) groups is 1. The minimum atomic E-state index is -4.67. The van der Waals surface area contributed by atoms with Crippen LogP contribution in [0.1, 0.15) is 31.2 Å². The number of ether oxygens (including phenoxy) is 2. The fraction of sp³-hybridized carbons (Fsp3) is 0.588. The maximum absolute atomic E-state index is 12.1. The van der Waals surface area contributed by atoms with Crippen molar-refractivity contribution in [3.8, 4) is 5.75 Å². The van der Waals surface area contributed by atoms with Gasteiger partial charge >= 0.3 is 12.3 Å². The van der Waals surface area contributed by atoms with Gasteiger partial charge in [0.2, 0.25) is 0 Å². The summed E-state index contributed by atoms with van der Waals surface area (Å²) in [6.45, 7) is 2.46. The van der Waals surface area contributed by atoms with Crippen LogP contribution < -0.4 is 4.74 Å². The molecular formula is C17H22F3NO3. The van der Waals surface area contributed by atoms with E-state index in [-0.39, 0.29) is 11.7 Å². The molecule has 1 atom stereocenters. The van der Waals surface area contributed by atoms with Crippen molar-refractivity contribution in [2.75, 3.05) is 20.2 Å². The Kier molecular flexibility index (Phi) is 6.48. The van der Waals surface area contributed by atoms with E-state index in [1.165, 1.54) is 19.2 Å². The SMILES string of the molecule is COC(=O)C[C@H]1CCCN(Cc2ccc(OC(F)(F)F)cc2)CC1. The minimum absolute atomic E-state index is 0.172. The molecule has 0 aromatic heterocycles. The fourth-order valence-corrected chi connectivity index (χ4v) is 2.96. The van der Waals surface area contributed by atoms with Crippen molar-refractivity contribution in [3.63, 3.8) is 0 Å². The van der Waals surface area contributed by atoms with E-state index in [2.05, 4.69) is 9.64 Å². The Balaban J connectivity index is 1.84. The fourth-order valence-electron chi connectivity index (χ4n) is 2.96. The number of likely N-dealkylation sites (tertiary alicyclic amines) is 1. The summed E-state index contributed by atoms with van der Waals surface area (Å²) in [5, 5.41) is 0. The van der Waals surface area contributed by atoms with E-state index in [0.717, 1.165) is 37.9 Å². The number of benzene rings is 1. The van der Waals surface area contributed by atoms with Crippen LogP contribution in [0.25, 0.3) is 0 Å². The first kappa shape index (κ1) is 18.6. The summed E-state index contributed by atoms with van der Waals surface area (Å²) >= 11 is 0. The van der Waals surface area contributed by atoms with E-state index in [1.54, 1.807) is 12.1 Å². The molecule has 134 valence electrons. The van der Waals surface area contributed by atoms with Crippen LogP contribution in [0.3, 0.4) is 0 Å². The van der Waals surface area contributed by atoms with Gasteiger partial charge in [-0.3, -0.25) is 9.69 Å². The smallest absolute Gasteiger partial charge is 0.469 e. The van der Waals surface area contributed by atoms with Gasteiger partial charge in [0, 0.05) is 13.0 Å². The molecule has 0 aliphatic carbocycles. The number of nitrogens with zero attached hydrogens (tertiary/aromatic N) is 1. The van der Waals surface area contributed by atoms with Gasteiger partial charge in [-0.25, -0.2) is 0 Å². The first-order valence-electron chi connectivity index (χ1n) is 7.99. The third kappa shape index (κ3) is 6.39. The zero-order valence-electron chi connectivity index (χ0n) is 13.6. The molecule has 1 saturated heterocycles. The molecule has 0 unspecified atom stereocenters. The van der Waals surface area contributed by atoms with Gasteiger partial charge in [0.15, 0.2) is 0 Å². The van der Waals surface area contributed by atoms with Gasteiger partial charge in [-0.15, -0.1) is 13.2 Å². The highest BCUT2D eigenvalue weighted by molar-refractivity contribution is 5.69. The summed E-state index contributed by atoms with van der Waals surface area (Å²) in [6, 6.07) is 5.97. The molecule has 0 saturated carbocycles. The standard InChI is InChI=1S/C17H22F3NO3/c1-23-16(22)11-13-3-2-9-21(10-8-13)12-14-4-6-15(7-5-14)24-17(18,19)20/h4-7,13H,2-3,8-12H2,1H3/t13-/m0/s1. The van der Waals surface area contributed by atoms with Crippen LogP contribution in [-0.4, -0.2) is 37.4 Å². The first-order valence-corrected chi connectivity index (χ1v) is 7.99. The summed E-state index contributed by atoms with van der Waals surface area (Å²) in [4.78, 5) is 13.6. The molecule has 0 bridgehead atoms. The number of rotatable bonds is 5. The molecule has 2 rings (SSSR count). The highest BCUT2D eigenvalue weighted by atomic mass is 19.4. The zero-order valence-corrected chi connectivity index (χ0v) is 13.6. The minimum Gasteiger partial charge on any atom is -0.469 e. The van der Waals surface area contributed by atoms with Gasteiger partial charge in [0.25, 0.3) is 0 Å². The number of carbonyl (C=O) groups excluding carboxylic acids is 1. The molecule has 0 N–H and O–H groups in total. The summed E-state index contributed by atoms with van der Waals surface area (Å²) in [7, 11) is 1.40. The number of halogens is 3. The lowest BCUT2D eigenvalue weighted by molar-refractivity contribution is -0.274. The van der Waals surface area contributed by atoms with Gasteiger partial charge in [-0.2, -0.15) is 0 Å². The van der Waals surface area contributed by atoms with E-state index in [1.807, 2.05) is 0 Å². The van der Waals surface area contributed by atoms with Crippen LogP contribution in [-0.2, 0) is 16.1 Å². The quantitative estimate of drug-likeness (QED) is 0.762. The second-order valence-corrected chi connectivity index (χ2v) is 6.05. The summed E-state index contributed by atoms with van der Waals surface area (Å²) in [5.74, 6) is -0.0426. The maximum Gasteiger partial charge on any atom is 0.573 e. The third-order valence-electron chi connectivity index (χ3n) is 4.19. The number of hydrogen-bond donors (Lipinski definition) is 0. The van der Waals surface area contributed by atoms with E-state index >= 15 is 0 Å². The molecule has 7 heteroatoms. The highest BCUT2D eigenvalue weighted by Crippen LogP contribution is 2.25. The van der Waals surface area contributed by atoms with Gasteiger partial charge in [0.1, 0.15) is 5.75 Å². The third-order valence-corrected chi connectivity index (χ3v) is 4.19. The molecule has 1 heterocycles. The average Bonchev–Trinajstić information content (AvgIpc) is 2.73. The normalized spacial score (nSPS) is 19.6. The largest absolute Gasteiger partial charge is 0.573 e. The maximum atomic E-state index is 12.1. The van der Waals surface area contributed by atoms with Crippen LogP contribution in [0.2, 0.25) is 0 Å². The predicted molar refractivity (Wildman–Crippen MR) is 82.4 cm³/mol. The second-order valence-electron chi connectivity index (χ2n) is 6.05. The lowest BCUT2D eigenvalue weighted by atomic mass is 9.97. The number of methoxy groups -OCH3 is 1. The summed E-state index contributed by atoms with van der Waals surface area (Å²) in [5.41, 5.74) is 0.941. The molecule has 0 amide bonds.